The number of hydroxylamine groups is 1. The Bertz CT molecular complexity index is 969. The molecule has 43 heavy (non-hydrogen) atoms. The van der Waals surface area contributed by atoms with Crippen LogP contribution in [0.4, 0.5) is 0 Å². The second kappa shape index (κ2) is 15.2. The number of nitro groups is 2. The maximum absolute atomic E-state index is 13.0. The molecule has 15 nitrogen and oxygen atoms in total. The van der Waals surface area contributed by atoms with Crippen molar-refractivity contribution in [2.75, 3.05) is 6.61 Å². The lowest BCUT2D eigenvalue weighted by Gasteiger charge is -2.36. The molecule has 0 aliphatic heterocycles. The number of nitrogens with zero attached hydrogens (tertiary/aromatic N) is 2. The second-order valence-electron chi connectivity index (χ2n) is 12.7. The van der Waals surface area contributed by atoms with Crippen LogP contribution in [0.3, 0.4) is 0 Å². The SMILES string of the molecule is O=C(O)C1CCCC([N+](=O)[O-])C1CONC1CCC(OC2CCC(NC(=O)C3C(C(=O)O)CCCC3[N+](=O)[O-])CC2)CC1. The Morgan fingerprint density at radius 1 is 0.698 bits per heavy atom. The fraction of sp³-hybridized carbons (Fsp3) is 0.893. The molecule has 4 N–H and O–H groups in total. The van der Waals surface area contributed by atoms with E-state index in [0.29, 0.717) is 38.5 Å². The standard InChI is InChI=1S/C28H44N4O11/c33-26(25-21(28(36)37)4-2-6-24(25)32(40)41)29-16-7-11-18(12-8-16)43-19-13-9-17(10-14-19)30-42-15-22-20(27(34)35)3-1-5-23(22)31(38)39/h16-25,30H,1-15H2,(H,29,33)(H,34,35)(H,36,37). The van der Waals surface area contributed by atoms with Crippen molar-refractivity contribution in [2.24, 2.45) is 23.7 Å². The summed E-state index contributed by atoms with van der Waals surface area (Å²) in [4.78, 5) is 64.0. The molecule has 4 fully saturated rings. The summed E-state index contributed by atoms with van der Waals surface area (Å²) in [6, 6.07) is -2.23. The lowest BCUT2D eigenvalue weighted by Crippen LogP contribution is -2.52. The normalized spacial score (nSPS) is 36.7. The number of aliphatic carboxylic acids is 2. The van der Waals surface area contributed by atoms with Gasteiger partial charge in [0.1, 0.15) is 5.92 Å². The van der Waals surface area contributed by atoms with E-state index in [0.717, 1.165) is 38.5 Å². The highest BCUT2D eigenvalue weighted by atomic mass is 16.7. The molecule has 0 radical (unpaired) electrons. The van der Waals surface area contributed by atoms with E-state index in [1.807, 2.05) is 0 Å². The summed E-state index contributed by atoms with van der Waals surface area (Å²) in [5.41, 5.74) is 2.99. The molecule has 242 valence electrons. The molecule has 0 aromatic carbocycles. The van der Waals surface area contributed by atoms with Gasteiger partial charge >= 0.3 is 11.9 Å². The molecule has 0 saturated heterocycles. The zero-order chi connectivity index (χ0) is 31.1. The first-order valence-electron chi connectivity index (χ1n) is 15.6. The first-order chi connectivity index (χ1) is 20.5. The number of carboxylic acids is 2. The number of hydrogen-bond donors (Lipinski definition) is 4. The van der Waals surface area contributed by atoms with Gasteiger partial charge in [0, 0.05) is 34.8 Å². The van der Waals surface area contributed by atoms with Crippen LogP contribution in [0.2, 0.25) is 0 Å². The lowest BCUT2D eigenvalue weighted by atomic mass is 9.75. The molecule has 4 saturated carbocycles. The van der Waals surface area contributed by atoms with Crippen LogP contribution in [0.5, 0.6) is 0 Å². The average Bonchev–Trinajstić information content (AvgIpc) is 2.98. The van der Waals surface area contributed by atoms with Gasteiger partial charge in [-0.2, -0.15) is 5.48 Å². The van der Waals surface area contributed by atoms with Crippen LogP contribution in [-0.4, -0.2) is 80.9 Å². The molecule has 15 heteroatoms. The minimum absolute atomic E-state index is 0.0246. The Labute approximate surface area is 249 Å². The van der Waals surface area contributed by atoms with Gasteiger partial charge in [0.2, 0.25) is 18.0 Å². The Morgan fingerprint density at radius 2 is 1.21 bits per heavy atom. The third-order valence-electron chi connectivity index (χ3n) is 9.97. The lowest BCUT2D eigenvalue weighted by molar-refractivity contribution is -0.538. The number of amides is 1. The van der Waals surface area contributed by atoms with E-state index in [2.05, 4.69) is 10.8 Å². The summed E-state index contributed by atoms with van der Waals surface area (Å²) in [5.74, 6) is -6.41. The molecule has 6 unspecified atom stereocenters. The third-order valence-corrected chi connectivity index (χ3v) is 9.97. The Balaban J connectivity index is 1.15. The number of nitrogens with one attached hydrogen (secondary N) is 2. The molecule has 0 aromatic rings. The predicted octanol–water partition coefficient (Wildman–Crippen LogP) is 2.56. The molecular weight excluding hydrogens is 568 g/mol. The van der Waals surface area contributed by atoms with Gasteiger partial charge in [-0.15, -0.1) is 0 Å². The van der Waals surface area contributed by atoms with E-state index >= 15 is 0 Å². The number of rotatable bonds is 12. The van der Waals surface area contributed by atoms with Crippen molar-refractivity contribution in [3.63, 3.8) is 0 Å². The highest BCUT2D eigenvalue weighted by Crippen LogP contribution is 2.35. The predicted molar refractivity (Wildman–Crippen MR) is 149 cm³/mol. The van der Waals surface area contributed by atoms with E-state index in [4.69, 9.17) is 9.57 Å². The summed E-state index contributed by atoms with van der Waals surface area (Å²) in [7, 11) is 0. The Kier molecular flexibility index (Phi) is 11.7. The topological polar surface area (TPSA) is 220 Å². The van der Waals surface area contributed by atoms with Crippen LogP contribution in [0.1, 0.15) is 89.9 Å². The number of carboxylic acid groups (broad SMARTS) is 2. The minimum atomic E-state index is -1.18. The fourth-order valence-electron chi connectivity index (χ4n) is 7.58. The molecular formula is C28H44N4O11. The maximum Gasteiger partial charge on any atom is 0.307 e. The van der Waals surface area contributed by atoms with Crippen LogP contribution < -0.4 is 10.8 Å². The van der Waals surface area contributed by atoms with Gasteiger partial charge in [-0.1, -0.05) is 0 Å². The quantitative estimate of drug-likeness (QED) is 0.184. The molecule has 4 aliphatic rings. The fourth-order valence-corrected chi connectivity index (χ4v) is 7.58. The van der Waals surface area contributed by atoms with E-state index in [-0.39, 0.29) is 48.7 Å². The number of ether oxygens (including phenoxy) is 1. The molecule has 6 atom stereocenters. The van der Waals surface area contributed by atoms with Gasteiger partial charge in [-0.25, -0.2) is 0 Å². The van der Waals surface area contributed by atoms with Crippen molar-refractivity contribution in [3.05, 3.63) is 20.2 Å². The first kappa shape index (κ1) is 33.0. The number of carbonyl (C=O) groups excluding carboxylic acids is 1. The number of carbonyl (C=O) groups is 3. The van der Waals surface area contributed by atoms with E-state index in [9.17, 15) is 44.8 Å². The Hall–Kier alpha value is -2.91. The zero-order valence-corrected chi connectivity index (χ0v) is 24.3. The summed E-state index contributed by atoms with van der Waals surface area (Å²) in [6.45, 7) is -0.0246. The van der Waals surface area contributed by atoms with Crippen LogP contribution >= 0.6 is 0 Å². The van der Waals surface area contributed by atoms with Crippen LogP contribution in [0.15, 0.2) is 0 Å². The van der Waals surface area contributed by atoms with Gasteiger partial charge < -0.3 is 25.1 Å². The summed E-state index contributed by atoms with van der Waals surface area (Å²) in [6.07, 6.45) is 8.19. The van der Waals surface area contributed by atoms with Gasteiger partial charge in [-0.05, 0) is 77.0 Å². The molecule has 4 rings (SSSR count). The van der Waals surface area contributed by atoms with Gasteiger partial charge in [-0.3, -0.25) is 34.6 Å². The van der Waals surface area contributed by atoms with E-state index < -0.39 is 58.5 Å². The monoisotopic (exact) mass is 612 g/mol. The molecule has 4 aliphatic carbocycles. The smallest absolute Gasteiger partial charge is 0.307 e. The molecule has 0 spiro atoms. The van der Waals surface area contributed by atoms with E-state index in [1.165, 1.54) is 0 Å². The maximum atomic E-state index is 13.0. The minimum Gasteiger partial charge on any atom is -0.481 e. The van der Waals surface area contributed by atoms with Gasteiger partial charge in [0.05, 0.1) is 36.6 Å². The van der Waals surface area contributed by atoms with Crippen LogP contribution in [0.25, 0.3) is 0 Å². The van der Waals surface area contributed by atoms with Gasteiger partial charge in [0.15, 0.2) is 0 Å². The van der Waals surface area contributed by atoms with Crippen molar-refractivity contribution in [1.29, 1.82) is 0 Å². The summed E-state index contributed by atoms with van der Waals surface area (Å²) >= 11 is 0. The third kappa shape index (κ3) is 8.60. The average molecular weight is 613 g/mol. The Morgan fingerprint density at radius 3 is 1.74 bits per heavy atom. The summed E-state index contributed by atoms with van der Waals surface area (Å²) < 4.78 is 6.34. The van der Waals surface area contributed by atoms with Crippen LogP contribution in [-0.2, 0) is 24.0 Å². The van der Waals surface area contributed by atoms with E-state index in [1.54, 1.807) is 0 Å². The van der Waals surface area contributed by atoms with Crippen LogP contribution in [0, 0.1) is 43.9 Å². The summed E-state index contributed by atoms with van der Waals surface area (Å²) in [5, 5.41) is 44.9. The molecule has 0 aromatic heterocycles. The van der Waals surface area contributed by atoms with Crippen molar-refractivity contribution < 1.29 is 44.0 Å². The zero-order valence-electron chi connectivity index (χ0n) is 24.3. The highest BCUT2D eigenvalue weighted by Gasteiger charge is 2.49. The van der Waals surface area contributed by atoms with Crippen molar-refractivity contribution in [1.82, 2.24) is 10.8 Å². The molecule has 0 bridgehead atoms. The van der Waals surface area contributed by atoms with Crippen molar-refractivity contribution >= 4 is 17.8 Å². The molecule has 0 heterocycles. The highest BCUT2D eigenvalue weighted by molar-refractivity contribution is 5.85. The van der Waals surface area contributed by atoms with Crippen molar-refractivity contribution in [2.45, 2.75) is 126 Å². The largest absolute Gasteiger partial charge is 0.481 e. The van der Waals surface area contributed by atoms with Gasteiger partial charge in [0.25, 0.3) is 0 Å². The number of hydrogen-bond acceptors (Lipinski definition) is 10. The first-order valence-corrected chi connectivity index (χ1v) is 15.6. The van der Waals surface area contributed by atoms with Crippen molar-refractivity contribution in [3.8, 4) is 0 Å². The second-order valence-corrected chi connectivity index (χ2v) is 12.7. The molecule has 1 amide bonds.